The molecule has 11 aromatic rings. The molecule has 350 valence electrons. The van der Waals surface area contributed by atoms with E-state index in [4.69, 9.17) is 9.97 Å². The van der Waals surface area contributed by atoms with Crippen LogP contribution in [0.4, 0.5) is 0 Å². The first kappa shape index (κ1) is 45.4. The van der Waals surface area contributed by atoms with Crippen molar-refractivity contribution in [3.63, 3.8) is 0 Å². The molecule has 0 amide bonds. The molecule has 4 nitrogen and oxygen atoms in total. The maximum Gasteiger partial charge on any atom is 0.0714 e. The molecule has 0 radical (unpaired) electrons. The van der Waals surface area contributed by atoms with Crippen molar-refractivity contribution in [2.45, 2.75) is 119 Å². The molecule has 0 aliphatic carbocycles. The van der Waals surface area contributed by atoms with Gasteiger partial charge in [0.15, 0.2) is 0 Å². The van der Waals surface area contributed by atoms with E-state index in [1.54, 1.807) is 0 Å². The van der Waals surface area contributed by atoms with Gasteiger partial charge in [-0.05, 0) is 175 Å². The highest BCUT2D eigenvalue weighted by molar-refractivity contribution is 6.22. The monoisotopic (exact) mass is 915 g/mol. The first-order valence-electron chi connectivity index (χ1n) is 25.1. The third kappa shape index (κ3) is 7.50. The lowest BCUT2D eigenvalue weighted by Gasteiger charge is -2.21. The minimum atomic E-state index is 0.0115. The number of hydrogen-bond acceptors (Lipinski definition) is 2. The van der Waals surface area contributed by atoms with Crippen molar-refractivity contribution < 1.29 is 0 Å². The first-order valence-corrected chi connectivity index (χ1v) is 25.1. The number of nitrogens with zero attached hydrogens (tertiary/aromatic N) is 4. The third-order valence-corrected chi connectivity index (χ3v) is 14.9. The Balaban J connectivity index is 1.24. The van der Waals surface area contributed by atoms with E-state index >= 15 is 0 Å². The number of benzene rings is 7. The van der Waals surface area contributed by atoms with Crippen LogP contribution < -0.4 is 0 Å². The van der Waals surface area contributed by atoms with Crippen molar-refractivity contribution >= 4 is 65.2 Å². The molecule has 0 spiro atoms. The smallest absolute Gasteiger partial charge is 0.0714 e. The maximum absolute atomic E-state index is 5.20. The second-order valence-electron chi connectivity index (χ2n) is 24.2. The Morgan fingerprint density at radius 3 is 0.857 bits per heavy atom. The summed E-state index contributed by atoms with van der Waals surface area (Å²) >= 11 is 0. The van der Waals surface area contributed by atoms with Crippen molar-refractivity contribution in [1.29, 1.82) is 0 Å². The van der Waals surface area contributed by atoms with Gasteiger partial charge in [0.1, 0.15) is 0 Å². The van der Waals surface area contributed by atoms with Gasteiger partial charge >= 0.3 is 0 Å². The highest BCUT2D eigenvalue weighted by Gasteiger charge is 2.26. The summed E-state index contributed by atoms with van der Waals surface area (Å²) in [6.45, 7) is 31.9. The minimum absolute atomic E-state index is 0.0115. The van der Waals surface area contributed by atoms with E-state index in [1.165, 1.54) is 65.9 Å². The Labute approximate surface area is 414 Å². The van der Waals surface area contributed by atoms with E-state index in [-0.39, 0.29) is 21.7 Å². The van der Waals surface area contributed by atoms with Crippen molar-refractivity contribution in [3.05, 3.63) is 179 Å². The Morgan fingerprint density at radius 2 is 0.600 bits per heavy atom. The molecule has 0 aliphatic rings. The van der Waals surface area contributed by atoms with Gasteiger partial charge in [0.25, 0.3) is 0 Å². The average molecular weight is 915 g/mol. The molecule has 0 saturated heterocycles. The fourth-order valence-electron chi connectivity index (χ4n) is 10.7. The second-order valence-corrected chi connectivity index (χ2v) is 24.2. The highest BCUT2D eigenvalue weighted by Crippen LogP contribution is 2.47. The van der Waals surface area contributed by atoms with E-state index in [0.29, 0.717) is 0 Å². The molecule has 0 atom stereocenters. The van der Waals surface area contributed by atoms with Gasteiger partial charge in [-0.1, -0.05) is 132 Å². The van der Waals surface area contributed by atoms with Crippen molar-refractivity contribution in [3.8, 4) is 33.9 Å². The molecular weight excluding hydrogens is 849 g/mol. The zero-order valence-corrected chi connectivity index (χ0v) is 43.6. The molecule has 0 bridgehead atoms. The van der Waals surface area contributed by atoms with Crippen molar-refractivity contribution in [2.75, 3.05) is 0 Å². The fraction of sp³-hybridized carbons (Fsp3) is 0.273. The van der Waals surface area contributed by atoms with E-state index in [1.807, 2.05) is 12.4 Å². The van der Waals surface area contributed by atoms with Crippen LogP contribution in [0.3, 0.4) is 0 Å². The van der Waals surface area contributed by atoms with E-state index in [9.17, 15) is 0 Å². The van der Waals surface area contributed by atoms with Gasteiger partial charge in [-0.3, -0.25) is 9.97 Å². The van der Waals surface area contributed by atoms with E-state index in [2.05, 4.69) is 240 Å². The number of pyridine rings is 2. The van der Waals surface area contributed by atoms with Gasteiger partial charge in [0.2, 0.25) is 0 Å². The Kier molecular flexibility index (Phi) is 10.2. The molecule has 0 fully saturated rings. The molecule has 0 saturated carbocycles. The molecule has 0 aliphatic heterocycles. The lowest BCUT2D eigenvalue weighted by atomic mass is 9.85. The molecule has 0 N–H and O–H groups in total. The largest absolute Gasteiger partial charge is 0.309 e. The number of fused-ring (bicyclic) bond motifs is 8. The van der Waals surface area contributed by atoms with Crippen molar-refractivity contribution in [2.24, 2.45) is 0 Å². The fourth-order valence-corrected chi connectivity index (χ4v) is 10.7. The molecule has 7 aromatic carbocycles. The molecule has 4 aromatic heterocycles. The van der Waals surface area contributed by atoms with Crippen LogP contribution in [0.2, 0.25) is 0 Å². The number of hydrogen-bond donors (Lipinski definition) is 0. The van der Waals surface area contributed by atoms with Gasteiger partial charge in [-0.15, -0.1) is 0 Å². The van der Waals surface area contributed by atoms with Crippen LogP contribution in [0.15, 0.2) is 146 Å². The Hall–Kier alpha value is -7.04. The van der Waals surface area contributed by atoms with E-state index in [0.717, 1.165) is 66.6 Å². The lowest BCUT2D eigenvalue weighted by molar-refractivity contribution is 0.590. The second kappa shape index (κ2) is 15.7. The lowest BCUT2D eigenvalue weighted by Crippen LogP contribution is -2.10. The molecule has 4 heteroatoms. The van der Waals surface area contributed by atoms with Gasteiger partial charge in [0.05, 0.1) is 33.5 Å². The summed E-state index contributed by atoms with van der Waals surface area (Å²) in [5.41, 5.74) is 18.8. The topological polar surface area (TPSA) is 35.6 Å². The summed E-state index contributed by atoms with van der Waals surface area (Å²) in [6, 6.07) is 51.3. The number of aryl methyl sites for hydroxylation is 2. The highest BCUT2D eigenvalue weighted by atomic mass is 15.0. The molecule has 0 unspecified atom stereocenters. The minimum Gasteiger partial charge on any atom is -0.309 e. The van der Waals surface area contributed by atoms with Gasteiger partial charge in [0, 0.05) is 56.4 Å². The summed E-state index contributed by atoms with van der Waals surface area (Å²) in [6.07, 6.45) is 4.01. The van der Waals surface area contributed by atoms with Gasteiger partial charge in [-0.25, -0.2) is 0 Å². The van der Waals surface area contributed by atoms with Crippen LogP contribution in [0, 0.1) is 13.8 Å². The predicted octanol–water partition coefficient (Wildman–Crippen LogP) is 18.1. The standard InChI is InChI=1S/C66H66N4/c1-39-15-25-55(67-37-39)61-47-23-21-46(70-59-29-19-43(65(9,10)11)33-51(59)52-34-44(66(12,13)14)20-30-60(52)70)36-54(47)62(56-26-16-40(2)38-68-56)48-24-22-45(35-53(48)61)69-57-27-17-41(63(3,4)5)31-49(57)50-32-42(64(6,7)8)18-28-58(50)69/h15-38H,1-14H3. The van der Waals surface area contributed by atoms with Crippen LogP contribution >= 0.6 is 0 Å². The molecule has 11 rings (SSSR count). The normalized spacial score (nSPS) is 13.0. The summed E-state index contributed by atoms with van der Waals surface area (Å²) < 4.78 is 4.95. The molecule has 70 heavy (non-hydrogen) atoms. The third-order valence-electron chi connectivity index (χ3n) is 14.9. The van der Waals surface area contributed by atoms with Crippen LogP contribution in [0.5, 0.6) is 0 Å². The summed E-state index contributed by atoms with van der Waals surface area (Å²) in [5.74, 6) is 0. The number of aromatic nitrogens is 4. The predicted molar refractivity (Wildman–Crippen MR) is 301 cm³/mol. The zero-order chi connectivity index (χ0) is 49.4. The maximum atomic E-state index is 5.20. The van der Waals surface area contributed by atoms with Crippen molar-refractivity contribution in [1.82, 2.24) is 19.1 Å². The van der Waals surface area contributed by atoms with Crippen LogP contribution in [-0.4, -0.2) is 19.1 Å². The van der Waals surface area contributed by atoms with E-state index < -0.39 is 0 Å². The SMILES string of the molecule is Cc1ccc(-c2c3ccc(-n4c5ccc(C(C)(C)C)cc5c5cc(C(C)(C)C)ccc54)cc3c(-c3ccc(C)cn3)c3ccc(-n4c5ccc(C(C)(C)C)cc5c5cc(C(C)(C)C)ccc54)cc23)nc1. The zero-order valence-electron chi connectivity index (χ0n) is 43.6. The summed E-state index contributed by atoms with van der Waals surface area (Å²) in [5, 5.41) is 9.66. The summed E-state index contributed by atoms with van der Waals surface area (Å²) in [4.78, 5) is 10.4. The summed E-state index contributed by atoms with van der Waals surface area (Å²) in [7, 11) is 0. The van der Waals surface area contributed by atoms with Crippen LogP contribution in [0.25, 0.3) is 99.0 Å². The molecule has 4 heterocycles. The van der Waals surface area contributed by atoms with Gasteiger partial charge < -0.3 is 9.13 Å². The Morgan fingerprint density at radius 1 is 0.300 bits per heavy atom. The number of rotatable bonds is 4. The quantitative estimate of drug-likeness (QED) is 0.165. The molecular formula is C66H66N4. The van der Waals surface area contributed by atoms with Crippen LogP contribution in [-0.2, 0) is 21.7 Å². The Bertz CT molecular complexity index is 3500. The van der Waals surface area contributed by atoms with Crippen LogP contribution in [0.1, 0.15) is 116 Å². The van der Waals surface area contributed by atoms with Gasteiger partial charge in [-0.2, -0.15) is 0 Å². The average Bonchev–Trinajstić information content (AvgIpc) is 3.81. The first-order chi connectivity index (χ1) is 33.0.